The minimum Gasteiger partial charge on any atom is -0.493 e. The van der Waals surface area contributed by atoms with Gasteiger partial charge in [-0.25, -0.2) is 4.79 Å². The number of nitrogens with one attached hydrogen (secondary N) is 2. The van der Waals surface area contributed by atoms with Gasteiger partial charge in [0.05, 0.1) is 14.2 Å². The van der Waals surface area contributed by atoms with E-state index in [9.17, 15) is 4.79 Å². The first-order valence-electron chi connectivity index (χ1n) is 8.61. The topological polar surface area (TPSA) is 59.6 Å². The Morgan fingerprint density at radius 2 is 1.69 bits per heavy atom. The molecule has 0 saturated carbocycles. The van der Waals surface area contributed by atoms with Gasteiger partial charge in [-0.15, -0.1) is 0 Å². The Morgan fingerprint density at radius 3 is 2.35 bits per heavy atom. The molecular formula is C21H28N2O3. The predicted octanol–water partition coefficient (Wildman–Crippen LogP) is 4.42. The van der Waals surface area contributed by atoms with Crippen LogP contribution in [0.15, 0.2) is 36.4 Å². The van der Waals surface area contributed by atoms with E-state index in [-0.39, 0.29) is 11.4 Å². The summed E-state index contributed by atoms with van der Waals surface area (Å²) in [6.07, 6.45) is 0. The van der Waals surface area contributed by atoms with Gasteiger partial charge in [-0.3, -0.25) is 0 Å². The minimum absolute atomic E-state index is 0.216. The fraction of sp³-hybridized carbons (Fsp3) is 0.381. The highest BCUT2D eigenvalue weighted by Crippen LogP contribution is 2.32. The van der Waals surface area contributed by atoms with Gasteiger partial charge in [-0.2, -0.15) is 0 Å². The average Bonchev–Trinajstić information content (AvgIpc) is 2.62. The van der Waals surface area contributed by atoms with Crippen LogP contribution in [0.1, 0.15) is 30.5 Å². The molecule has 0 unspecified atom stereocenters. The molecule has 2 N–H and O–H groups in total. The van der Waals surface area contributed by atoms with Crippen molar-refractivity contribution < 1.29 is 14.3 Å². The van der Waals surface area contributed by atoms with Crippen LogP contribution in [0.5, 0.6) is 11.5 Å². The molecule has 0 radical (unpaired) electrons. The summed E-state index contributed by atoms with van der Waals surface area (Å²) in [5.41, 5.74) is 3.76. The second kappa shape index (κ2) is 8.13. The van der Waals surface area contributed by atoms with Crippen LogP contribution in [0.4, 0.5) is 10.5 Å². The molecule has 2 aromatic rings. The fourth-order valence-corrected chi connectivity index (χ4v) is 2.70. The molecule has 0 heterocycles. The number of urea groups is 1. The molecule has 0 bridgehead atoms. The molecule has 0 fully saturated rings. The third-order valence-electron chi connectivity index (χ3n) is 4.50. The number of anilines is 1. The molecule has 5 heteroatoms. The Labute approximate surface area is 155 Å². The molecule has 0 aliphatic rings. The molecule has 0 aliphatic carbocycles. The molecule has 5 nitrogen and oxygen atoms in total. The number of amides is 2. The number of methoxy groups -OCH3 is 2. The minimum atomic E-state index is -0.265. The number of hydrogen-bond donors (Lipinski definition) is 2. The van der Waals surface area contributed by atoms with E-state index in [0.29, 0.717) is 18.0 Å². The summed E-state index contributed by atoms with van der Waals surface area (Å²) < 4.78 is 10.7. The Kier molecular flexibility index (Phi) is 6.14. The highest BCUT2D eigenvalue weighted by atomic mass is 16.5. The van der Waals surface area contributed by atoms with Gasteiger partial charge in [0, 0.05) is 17.6 Å². The van der Waals surface area contributed by atoms with Crippen LogP contribution in [0.25, 0.3) is 0 Å². The third-order valence-corrected chi connectivity index (χ3v) is 4.50. The van der Waals surface area contributed by atoms with Crippen molar-refractivity contribution in [1.29, 1.82) is 0 Å². The number of aryl methyl sites for hydroxylation is 2. The van der Waals surface area contributed by atoms with E-state index < -0.39 is 0 Å². The maximum absolute atomic E-state index is 12.3. The standard InChI is InChI=1S/C21H28N2O3/c1-14-7-8-15(2)17(11-14)23-20(24)22-13-21(3,4)16-9-10-18(25-5)19(12-16)26-6/h7-12H,13H2,1-6H3,(H2,22,23,24). The van der Waals surface area contributed by atoms with Gasteiger partial charge in [0.15, 0.2) is 11.5 Å². The van der Waals surface area contributed by atoms with Gasteiger partial charge >= 0.3 is 6.03 Å². The largest absolute Gasteiger partial charge is 0.493 e. The SMILES string of the molecule is COc1ccc(C(C)(C)CNC(=O)Nc2cc(C)ccc2C)cc1OC. The maximum atomic E-state index is 12.3. The van der Waals surface area contributed by atoms with Gasteiger partial charge in [0.1, 0.15) is 0 Å². The zero-order chi connectivity index (χ0) is 19.3. The molecule has 0 saturated heterocycles. The Morgan fingerprint density at radius 1 is 1.00 bits per heavy atom. The number of ether oxygens (including phenoxy) is 2. The number of carbonyl (C=O) groups is 1. The summed E-state index contributed by atoms with van der Waals surface area (Å²) in [4.78, 5) is 12.3. The van der Waals surface area contributed by atoms with Crippen molar-refractivity contribution in [3.63, 3.8) is 0 Å². The average molecular weight is 356 g/mol. The molecule has 2 aromatic carbocycles. The van der Waals surface area contributed by atoms with E-state index in [1.54, 1.807) is 14.2 Å². The lowest BCUT2D eigenvalue weighted by Gasteiger charge is -2.26. The van der Waals surface area contributed by atoms with Crippen LogP contribution in [0.2, 0.25) is 0 Å². The van der Waals surface area contributed by atoms with Crippen LogP contribution in [0, 0.1) is 13.8 Å². The van der Waals surface area contributed by atoms with Crippen molar-refractivity contribution >= 4 is 11.7 Å². The van der Waals surface area contributed by atoms with Crippen molar-refractivity contribution in [2.24, 2.45) is 0 Å². The van der Waals surface area contributed by atoms with Crippen LogP contribution in [0.3, 0.4) is 0 Å². The van der Waals surface area contributed by atoms with Gasteiger partial charge < -0.3 is 20.1 Å². The predicted molar refractivity (Wildman–Crippen MR) is 106 cm³/mol. The lowest BCUT2D eigenvalue weighted by atomic mass is 9.84. The quantitative estimate of drug-likeness (QED) is 0.805. The molecular weight excluding hydrogens is 328 g/mol. The summed E-state index contributed by atoms with van der Waals surface area (Å²) in [5.74, 6) is 1.37. The van der Waals surface area contributed by atoms with Crippen molar-refractivity contribution in [3.05, 3.63) is 53.1 Å². The molecule has 0 aromatic heterocycles. The number of carbonyl (C=O) groups excluding carboxylic acids is 1. The summed E-state index contributed by atoms with van der Waals surface area (Å²) in [5, 5.41) is 5.88. The van der Waals surface area contributed by atoms with Crippen LogP contribution >= 0.6 is 0 Å². The normalized spacial score (nSPS) is 11.0. The molecule has 0 aliphatic heterocycles. The molecule has 26 heavy (non-hydrogen) atoms. The van der Waals surface area contributed by atoms with E-state index in [2.05, 4.69) is 24.5 Å². The maximum Gasteiger partial charge on any atom is 0.319 e. The van der Waals surface area contributed by atoms with Gasteiger partial charge in [-0.05, 0) is 48.7 Å². The Bertz CT molecular complexity index is 785. The lowest BCUT2D eigenvalue weighted by Crippen LogP contribution is -2.39. The second-order valence-corrected chi connectivity index (χ2v) is 7.08. The molecule has 2 amide bonds. The van der Waals surface area contributed by atoms with Crippen LogP contribution < -0.4 is 20.1 Å². The van der Waals surface area contributed by atoms with E-state index in [1.807, 2.05) is 50.2 Å². The highest BCUT2D eigenvalue weighted by molar-refractivity contribution is 5.90. The lowest BCUT2D eigenvalue weighted by molar-refractivity contribution is 0.249. The fourth-order valence-electron chi connectivity index (χ4n) is 2.70. The van der Waals surface area contributed by atoms with Crippen LogP contribution in [-0.2, 0) is 5.41 Å². The molecule has 140 valence electrons. The summed E-state index contributed by atoms with van der Waals surface area (Å²) in [6, 6.07) is 11.6. The summed E-state index contributed by atoms with van der Waals surface area (Å²) in [7, 11) is 3.23. The van der Waals surface area contributed by atoms with Crippen molar-refractivity contribution in [1.82, 2.24) is 5.32 Å². The van der Waals surface area contributed by atoms with Gasteiger partial charge in [-0.1, -0.05) is 32.0 Å². The first kappa shape index (κ1) is 19.6. The third kappa shape index (κ3) is 4.69. The van der Waals surface area contributed by atoms with Crippen molar-refractivity contribution in [3.8, 4) is 11.5 Å². The number of rotatable bonds is 6. The monoisotopic (exact) mass is 356 g/mol. The zero-order valence-corrected chi connectivity index (χ0v) is 16.4. The number of benzene rings is 2. The van der Waals surface area contributed by atoms with Crippen molar-refractivity contribution in [2.75, 3.05) is 26.1 Å². The Balaban J connectivity index is 2.05. The smallest absolute Gasteiger partial charge is 0.319 e. The molecule has 0 atom stereocenters. The van der Waals surface area contributed by atoms with E-state index in [1.165, 1.54) is 0 Å². The zero-order valence-electron chi connectivity index (χ0n) is 16.4. The molecule has 2 rings (SSSR count). The van der Waals surface area contributed by atoms with E-state index in [0.717, 1.165) is 22.4 Å². The highest BCUT2D eigenvalue weighted by Gasteiger charge is 2.23. The van der Waals surface area contributed by atoms with E-state index >= 15 is 0 Å². The summed E-state index contributed by atoms with van der Waals surface area (Å²) in [6.45, 7) is 8.61. The summed E-state index contributed by atoms with van der Waals surface area (Å²) >= 11 is 0. The van der Waals surface area contributed by atoms with Crippen molar-refractivity contribution in [2.45, 2.75) is 33.1 Å². The van der Waals surface area contributed by atoms with Gasteiger partial charge in [0.25, 0.3) is 0 Å². The Hall–Kier alpha value is -2.69. The first-order valence-corrected chi connectivity index (χ1v) is 8.61. The first-order chi connectivity index (χ1) is 12.3. The molecule has 0 spiro atoms. The number of hydrogen-bond acceptors (Lipinski definition) is 3. The van der Waals surface area contributed by atoms with Crippen LogP contribution in [-0.4, -0.2) is 26.8 Å². The van der Waals surface area contributed by atoms with Gasteiger partial charge in [0.2, 0.25) is 0 Å². The second-order valence-electron chi connectivity index (χ2n) is 7.08. The van der Waals surface area contributed by atoms with E-state index in [4.69, 9.17) is 9.47 Å².